The molecule has 0 aromatic rings. The Morgan fingerprint density at radius 1 is 1.20 bits per heavy atom. The minimum Gasteiger partial charge on any atom is -0.446 e. The van der Waals surface area contributed by atoms with Crippen molar-refractivity contribution >= 4 is 11.9 Å². The van der Waals surface area contributed by atoms with E-state index in [2.05, 4.69) is 5.32 Å². The van der Waals surface area contributed by atoms with Gasteiger partial charge in [-0.1, -0.05) is 27.2 Å². The highest BCUT2D eigenvalue weighted by molar-refractivity contribution is 5.88. The van der Waals surface area contributed by atoms with Crippen LogP contribution in [0.2, 0.25) is 0 Å². The minimum atomic E-state index is -0.765. The number of carbonyl (C=O) groups excluding carboxylic acids is 2. The standard InChI is InChI=1S/C15H29NO4/c1-7-10-11(8-2)20-14(18)16-13(12(17)9-3)15(4,5)19-6/h11,13H,7-10H2,1-6H3,(H,16,18). The molecule has 0 bridgehead atoms. The number of ketones is 1. The number of nitrogens with one attached hydrogen (secondary N) is 1. The first-order valence-electron chi connectivity index (χ1n) is 7.37. The number of carbonyl (C=O) groups is 2. The molecule has 1 N–H and O–H groups in total. The van der Waals surface area contributed by atoms with E-state index in [-0.39, 0.29) is 11.9 Å². The van der Waals surface area contributed by atoms with Crippen LogP contribution >= 0.6 is 0 Å². The average molecular weight is 287 g/mol. The van der Waals surface area contributed by atoms with Crippen molar-refractivity contribution in [1.82, 2.24) is 5.32 Å². The summed E-state index contributed by atoms with van der Waals surface area (Å²) in [5.41, 5.74) is -0.765. The SMILES string of the molecule is CCCC(CC)OC(=O)NC(C(=O)CC)C(C)(C)OC. The molecule has 5 nitrogen and oxygen atoms in total. The zero-order chi connectivity index (χ0) is 15.8. The lowest BCUT2D eigenvalue weighted by atomic mass is 9.93. The molecule has 0 aliphatic heterocycles. The minimum absolute atomic E-state index is 0.0719. The zero-order valence-electron chi connectivity index (χ0n) is 13.6. The molecule has 0 saturated carbocycles. The van der Waals surface area contributed by atoms with Crippen molar-refractivity contribution in [2.75, 3.05) is 7.11 Å². The highest BCUT2D eigenvalue weighted by Crippen LogP contribution is 2.16. The second-order valence-corrected chi connectivity index (χ2v) is 5.43. The summed E-state index contributed by atoms with van der Waals surface area (Å²) in [7, 11) is 1.52. The van der Waals surface area contributed by atoms with E-state index in [1.54, 1.807) is 20.8 Å². The summed E-state index contributed by atoms with van der Waals surface area (Å²) in [6.07, 6.45) is 2.22. The Labute approximate surface area is 122 Å². The van der Waals surface area contributed by atoms with E-state index >= 15 is 0 Å². The summed E-state index contributed by atoms with van der Waals surface area (Å²) < 4.78 is 10.7. The van der Waals surface area contributed by atoms with Gasteiger partial charge in [-0.15, -0.1) is 0 Å². The van der Waals surface area contributed by atoms with Crippen molar-refractivity contribution in [2.45, 2.75) is 78.0 Å². The second kappa shape index (κ2) is 8.95. The number of amides is 1. The summed E-state index contributed by atoms with van der Waals surface area (Å²) >= 11 is 0. The fraction of sp³-hybridized carbons (Fsp3) is 0.867. The largest absolute Gasteiger partial charge is 0.446 e. The number of hydrogen-bond donors (Lipinski definition) is 1. The van der Waals surface area contributed by atoms with E-state index in [4.69, 9.17) is 9.47 Å². The monoisotopic (exact) mass is 287 g/mol. The van der Waals surface area contributed by atoms with Gasteiger partial charge in [0.2, 0.25) is 0 Å². The third-order valence-electron chi connectivity index (χ3n) is 3.49. The van der Waals surface area contributed by atoms with Gasteiger partial charge in [0, 0.05) is 13.5 Å². The average Bonchev–Trinajstić information content (AvgIpc) is 2.43. The van der Waals surface area contributed by atoms with E-state index in [1.165, 1.54) is 7.11 Å². The number of methoxy groups -OCH3 is 1. The predicted octanol–water partition coefficient (Wildman–Crippen LogP) is 3.06. The predicted molar refractivity (Wildman–Crippen MR) is 78.8 cm³/mol. The number of Topliss-reactive ketones (excluding diaryl/α,β-unsaturated/α-hetero) is 1. The molecule has 0 rings (SSSR count). The molecule has 0 aliphatic carbocycles. The molecule has 0 aromatic carbocycles. The van der Waals surface area contributed by atoms with Crippen LogP contribution in [0.3, 0.4) is 0 Å². The van der Waals surface area contributed by atoms with Crippen molar-refractivity contribution in [3.8, 4) is 0 Å². The van der Waals surface area contributed by atoms with Crippen molar-refractivity contribution in [3.05, 3.63) is 0 Å². The Kier molecular flexibility index (Phi) is 8.46. The lowest BCUT2D eigenvalue weighted by molar-refractivity contribution is -0.127. The fourth-order valence-corrected chi connectivity index (χ4v) is 1.94. The summed E-state index contributed by atoms with van der Waals surface area (Å²) in [5.74, 6) is -0.0719. The molecular formula is C15H29NO4. The highest BCUT2D eigenvalue weighted by Gasteiger charge is 2.36. The maximum absolute atomic E-state index is 12.0. The van der Waals surface area contributed by atoms with Crippen LogP contribution in [0.5, 0.6) is 0 Å². The van der Waals surface area contributed by atoms with Crippen molar-refractivity contribution < 1.29 is 19.1 Å². The van der Waals surface area contributed by atoms with Crippen molar-refractivity contribution in [1.29, 1.82) is 0 Å². The molecule has 0 saturated heterocycles. The first-order chi connectivity index (χ1) is 9.32. The smallest absolute Gasteiger partial charge is 0.408 e. The molecule has 2 unspecified atom stereocenters. The van der Waals surface area contributed by atoms with Gasteiger partial charge in [0.15, 0.2) is 5.78 Å². The lowest BCUT2D eigenvalue weighted by Gasteiger charge is -2.32. The first kappa shape index (κ1) is 18.9. The van der Waals surface area contributed by atoms with Crippen molar-refractivity contribution in [2.24, 2.45) is 0 Å². The summed E-state index contributed by atoms with van der Waals surface area (Å²) in [4.78, 5) is 23.9. The topological polar surface area (TPSA) is 64.6 Å². The van der Waals surface area contributed by atoms with Gasteiger partial charge < -0.3 is 14.8 Å². The number of rotatable bonds is 9. The van der Waals surface area contributed by atoms with Gasteiger partial charge in [0.1, 0.15) is 12.1 Å². The Balaban J connectivity index is 4.74. The summed E-state index contributed by atoms with van der Waals surface area (Å²) in [6, 6.07) is -0.705. The van der Waals surface area contributed by atoms with Crippen LogP contribution in [0.15, 0.2) is 0 Å². The molecule has 0 heterocycles. The zero-order valence-corrected chi connectivity index (χ0v) is 13.6. The third kappa shape index (κ3) is 5.90. The molecule has 2 atom stereocenters. The van der Waals surface area contributed by atoms with Crippen LogP contribution in [0.25, 0.3) is 0 Å². The van der Waals surface area contributed by atoms with Crippen molar-refractivity contribution in [3.63, 3.8) is 0 Å². The maximum atomic E-state index is 12.0. The van der Waals surface area contributed by atoms with E-state index in [0.717, 1.165) is 19.3 Å². The van der Waals surface area contributed by atoms with Crippen LogP contribution < -0.4 is 5.32 Å². The Morgan fingerprint density at radius 2 is 1.80 bits per heavy atom. The van der Waals surface area contributed by atoms with Gasteiger partial charge in [-0.05, 0) is 26.7 Å². The molecule has 20 heavy (non-hydrogen) atoms. The van der Waals surface area contributed by atoms with Gasteiger partial charge in [-0.25, -0.2) is 4.79 Å². The molecule has 0 aliphatic rings. The Bertz CT molecular complexity index is 315. The molecule has 0 spiro atoms. The van der Waals surface area contributed by atoms with Crippen LogP contribution in [0.1, 0.15) is 60.3 Å². The first-order valence-corrected chi connectivity index (χ1v) is 7.37. The number of ether oxygens (including phenoxy) is 2. The second-order valence-electron chi connectivity index (χ2n) is 5.43. The van der Waals surface area contributed by atoms with E-state index < -0.39 is 17.7 Å². The van der Waals surface area contributed by atoms with Crippen LogP contribution in [-0.4, -0.2) is 36.7 Å². The maximum Gasteiger partial charge on any atom is 0.408 e. The fourth-order valence-electron chi connectivity index (χ4n) is 1.94. The quantitative estimate of drug-likeness (QED) is 0.708. The van der Waals surface area contributed by atoms with Gasteiger partial charge in [-0.2, -0.15) is 0 Å². The van der Waals surface area contributed by atoms with E-state index in [1.807, 2.05) is 13.8 Å². The summed E-state index contributed by atoms with van der Waals surface area (Å²) in [5, 5.41) is 2.65. The Hall–Kier alpha value is -1.10. The van der Waals surface area contributed by atoms with Crippen LogP contribution in [0, 0.1) is 0 Å². The number of alkyl carbamates (subject to hydrolysis) is 1. The molecule has 0 fully saturated rings. The highest BCUT2D eigenvalue weighted by atomic mass is 16.6. The Morgan fingerprint density at radius 3 is 2.20 bits per heavy atom. The van der Waals surface area contributed by atoms with Crippen LogP contribution in [0.4, 0.5) is 4.79 Å². The lowest BCUT2D eigenvalue weighted by Crippen LogP contribution is -2.55. The molecular weight excluding hydrogens is 258 g/mol. The molecule has 1 amide bonds. The molecule has 0 aromatic heterocycles. The number of hydrogen-bond acceptors (Lipinski definition) is 4. The molecule has 0 radical (unpaired) electrons. The molecule has 5 heteroatoms. The van der Waals surface area contributed by atoms with Gasteiger partial charge in [-0.3, -0.25) is 4.79 Å². The van der Waals surface area contributed by atoms with E-state index in [9.17, 15) is 9.59 Å². The summed E-state index contributed by atoms with van der Waals surface area (Å²) in [6.45, 7) is 9.33. The molecule has 118 valence electrons. The van der Waals surface area contributed by atoms with Crippen LogP contribution in [-0.2, 0) is 14.3 Å². The van der Waals surface area contributed by atoms with E-state index in [0.29, 0.717) is 6.42 Å². The van der Waals surface area contributed by atoms with Gasteiger partial charge in [0.05, 0.1) is 5.60 Å². The van der Waals surface area contributed by atoms with Gasteiger partial charge in [0.25, 0.3) is 0 Å². The third-order valence-corrected chi connectivity index (χ3v) is 3.49. The van der Waals surface area contributed by atoms with Gasteiger partial charge >= 0.3 is 6.09 Å². The normalized spacial score (nSPS) is 14.5.